The molecule has 4 nitrogen and oxygen atoms in total. The summed E-state index contributed by atoms with van der Waals surface area (Å²) in [5.74, 6) is -0.163. The minimum atomic E-state index is -0.163. The van der Waals surface area contributed by atoms with Crippen molar-refractivity contribution in [3.05, 3.63) is 76.3 Å². The number of carbonyl (C=O) groups is 1. The predicted molar refractivity (Wildman–Crippen MR) is 115 cm³/mol. The molecule has 1 saturated heterocycles. The maximum Gasteiger partial charge on any atom is 0.263 e. The van der Waals surface area contributed by atoms with Gasteiger partial charge in [-0.3, -0.25) is 4.79 Å². The molecular weight excluding hydrogens is 374 g/mol. The van der Waals surface area contributed by atoms with E-state index in [4.69, 9.17) is 17.3 Å². The smallest absolute Gasteiger partial charge is 0.263 e. The summed E-state index contributed by atoms with van der Waals surface area (Å²) in [5, 5.41) is 7.47. The zero-order valence-electron chi connectivity index (χ0n) is 14.9. The van der Waals surface area contributed by atoms with Gasteiger partial charge in [0, 0.05) is 17.3 Å². The van der Waals surface area contributed by atoms with Gasteiger partial charge in [0.25, 0.3) is 5.91 Å². The molecule has 27 heavy (non-hydrogen) atoms. The fourth-order valence-electron chi connectivity index (χ4n) is 2.88. The van der Waals surface area contributed by atoms with Gasteiger partial charge in [-0.1, -0.05) is 54.3 Å². The molecule has 1 N–H and O–H groups in total. The molecular formula is C21H17N3OS2. The number of amides is 1. The number of aryl methyl sites for hydroxylation is 2. The van der Waals surface area contributed by atoms with Crippen molar-refractivity contribution in [3.8, 4) is 16.9 Å². The van der Waals surface area contributed by atoms with E-state index in [-0.39, 0.29) is 5.91 Å². The highest BCUT2D eigenvalue weighted by Crippen LogP contribution is 2.31. The number of carbonyl (C=O) groups excluding carboxylic acids is 1. The number of nitrogens with one attached hydrogen (secondary N) is 1. The van der Waals surface area contributed by atoms with Crippen molar-refractivity contribution < 1.29 is 4.79 Å². The first kappa shape index (κ1) is 17.7. The number of aromatic nitrogens is 2. The van der Waals surface area contributed by atoms with Crippen LogP contribution < -0.4 is 5.32 Å². The Morgan fingerprint density at radius 3 is 2.56 bits per heavy atom. The monoisotopic (exact) mass is 391 g/mol. The van der Waals surface area contributed by atoms with E-state index in [1.54, 1.807) is 0 Å². The summed E-state index contributed by atoms with van der Waals surface area (Å²) in [6, 6.07) is 16.2. The Kier molecular flexibility index (Phi) is 4.68. The Morgan fingerprint density at radius 2 is 1.89 bits per heavy atom. The van der Waals surface area contributed by atoms with Crippen molar-refractivity contribution >= 4 is 40.3 Å². The molecule has 1 amide bonds. The number of hydrogen-bond donors (Lipinski definition) is 1. The van der Waals surface area contributed by atoms with Crippen LogP contribution in [0.15, 0.2) is 59.6 Å². The lowest BCUT2D eigenvalue weighted by atomic mass is 10.0. The fraction of sp³-hybridized carbons (Fsp3) is 0.0952. The first-order valence-corrected chi connectivity index (χ1v) is 9.71. The highest BCUT2D eigenvalue weighted by Gasteiger charge is 2.23. The van der Waals surface area contributed by atoms with E-state index in [0.29, 0.717) is 9.23 Å². The van der Waals surface area contributed by atoms with Crippen molar-refractivity contribution in [2.24, 2.45) is 0 Å². The fourth-order valence-corrected chi connectivity index (χ4v) is 3.92. The number of benzene rings is 2. The Bertz CT molecular complexity index is 1080. The van der Waals surface area contributed by atoms with Crippen molar-refractivity contribution in [1.82, 2.24) is 15.1 Å². The molecule has 1 aliphatic heterocycles. The van der Waals surface area contributed by atoms with Gasteiger partial charge in [-0.15, -0.1) is 0 Å². The molecule has 3 aromatic rings. The lowest BCUT2D eigenvalue weighted by molar-refractivity contribution is -0.115. The van der Waals surface area contributed by atoms with E-state index in [0.717, 1.165) is 22.5 Å². The molecule has 0 radical (unpaired) electrons. The molecule has 0 aliphatic carbocycles. The highest BCUT2D eigenvalue weighted by molar-refractivity contribution is 8.26. The highest BCUT2D eigenvalue weighted by atomic mass is 32.2. The molecule has 0 atom stereocenters. The SMILES string of the molecule is Cc1ccc(-c2nn(-c3ccccc3)cc2/C=C2\SC(=S)NC2=O)cc1C. The molecule has 134 valence electrons. The molecule has 0 spiro atoms. The Balaban J connectivity index is 1.86. The zero-order chi connectivity index (χ0) is 19.0. The van der Waals surface area contributed by atoms with Crippen LogP contribution in [-0.2, 0) is 4.79 Å². The first-order chi connectivity index (χ1) is 13.0. The lowest BCUT2D eigenvalue weighted by Gasteiger charge is -2.04. The summed E-state index contributed by atoms with van der Waals surface area (Å²) in [5.41, 5.74) is 6.13. The molecule has 1 aromatic heterocycles. The third-order valence-corrected chi connectivity index (χ3v) is 5.63. The number of para-hydroxylation sites is 1. The van der Waals surface area contributed by atoms with E-state index in [9.17, 15) is 4.79 Å². The van der Waals surface area contributed by atoms with Gasteiger partial charge in [-0.05, 0) is 49.2 Å². The number of thiocarbonyl (C=S) groups is 1. The van der Waals surface area contributed by atoms with Gasteiger partial charge >= 0.3 is 0 Å². The van der Waals surface area contributed by atoms with Crippen LogP contribution in [0.25, 0.3) is 23.0 Å². The molecule has 0 bridgehead atoms. The Morgan fingerprint density at radius 1 is 1.11 bits per heavy atom. The van der Waals surface area contributed by atoms with Crippen LogP contribution in [0.3, 0.4) is 0 Å². The van der Waals surface area contributed by atoms with Gasteiger partial charge in [-0.2, -0.15) is 5.10 Å². The minimum Gasteiger partial charge on any atom is -0.307 e. The van der Waals surface area contributed by atoms with Crippen molar-refractivity contribution in [2.45, 2.75) is 13.8 Å². The number of hydrogen-bond acceptors (Lipinski definition) is 4. The summed E-state index contributed by atoms with van der Waals surface area (Å²) in [4.78, 5) is 12.7. The maximum absolute atomic E-state index is 12.1. The van der Waals surface area contributed by atoms with Crippen LogP contribution in [0, 0.1) is 13.8 Å². The third-order valence-electron chi connectivity index (χ3n) is 4.47. The van der Waals surface area contributed by atoms with Crippen LogP contribution in [0.2, 0.25) is 0 Å². The standard InChI is InChI=1S/C21H17N3OS2/c1-13-8-9-15(10-14(13)2)19-16(11-18-20(25)22-21(26)27-18)12-24(23-19)17-6-4-3-5-7-17/h3-12H,1-2H3,(H,22,25,26)/b18-11-. The van der Waals surface area contributed by atoms with Gasteiger partial charge in [-0.25, -0.2) is 4.68 Å². The summed E-state index contributed by atoms with van der Waals surface area (Å²) in [6.07, 6.45) is 3.80. The van der Waals surface area contributed by atoms with E-state index >= 15 is 0 Å². The van der Waals surface area contributed by atoms with Crippen LogP contribution in [0.1, 0.15) is 16.7 Å². The average Bonchev–Trinajstić information content (AvgIpc) is 3.21. The van der Waals surface area contributed by atoms with Gasteiger partial charge < -0.3 is 5.32 Å². The summed E-state index contributed by atoms with van der Waals surface area (Å²) >= 11 is 6.38. The lowest BCUT2D eigenvalue weighted by Crippen LogP contribution is -2.17. The van der Waals surface area contributed by atoms with E-state index in [2.05, 4.69) is 37.4 Å². The number of thioether (sulfide) groups is 1. The quantitative estimate of drug-likeness (QED) is 0.522. The second-order valence-electron chi connectivity index (χ2n) is 6.36. The van der Waals surface area contributed by atoms with Gasteiger partial charge in [0.05, 0.1) is 16.3 Å². The van der Waals surface area contributed by atoms with Crippen molar-refractivity contribution in [3.63, 3.8) is 0 Å². The Hall–Kier alpha value is -2.70. The van der Waals surface area contributed by atoms with Crippen LogP contribution in [0.5, 0.6) is 0 Å². The van der Waals surface area contributed by atoms with Gasteiger partial charge in [0.15, 0.2) is 0 Å². The number of nitrogens with zero attached hydrogens (tertiary/aromatic N) is 2. The Labute approximate surface area is 167 Å². The topological polar surface area (TPSA) is 46.9 Å². The molecule has 4 rings (SSSR count). The number of rotatable bonds is 3. The third kappa shape index (κ3) is 3.59. The molecule has 2 heterocycles. The van der Waals surface area contributed by atoms with Crippen LogP contribution in [0.4, 0.5) is 0 Å². The normalized spacial score (nSPS) is 15.4. The summed E-state index contributed by atoms with van der Waals surface area (Å²) in [6.45, 7) is 4.18. The molecule has 2 aromatic carbocycles. The van der Waals surface area contributed by atoms with Crippen molar-refractivity contribution in [2.75, 3.05) is 0 Å². The van der Waals surface area contributed by atoms with E-state index < -0.39 is 0 Å². The van der Waals surface area contributed by atoms with E-state index in [1.807, 2.05) is 47.3 Å². The zero-order valence-corrected chi connectivity index (χ0v) is 16.5. The maximum atomic E-state index is 12.1. The first-order valence-electron chi connectivity index (χ1n) is 8.49. The summed E-state index contributed by atoms with van der Waals surface area (Å²) < 4.78 is 2.32. The van der Waals surface area contributed by atoms with Gasteiger partial charge in [0.1, 0.15) is 4.32 Å². The molecule has 1 fully saturated rings. The molecule has 0 saturated carbocycles. The predicted octanol–water partition coefficient (Wildman–Crippen LogP) is 4.64. The second-order valence-corrected chi connectivity index (χ2v) is 8.08. The summed E-state index contributed by atoms with van der Waals surface area (Å²) in [7, 11) is 0. The van der Waals surface area contributed by atoms with Crippen LogP contribution in [-0.4, -0.2) is 20.0 Å². The van der Waals surface area contributed by atoms with Crippen molar-refractivity contribution in [1.29, 1.82) is 0 Å². The molecule has 0 unspecified atom stereocenters. The van der Waals surface area contributed by atoms with Gasteiger partial charge in [0.2, 0.25) is 0 Å². The minimum absolute atomic E-state index is 0.163. The van der Waals surface area contributed by atoms with E-state index in [1.165, 1.54) is 22.9 Å². The second kappa shape index (κ2) is 7.13. The molecule has 6 heteroatoms. The largest absolute Gasteiger partial charge is 0.307 e. The molecule has 1 aliphatic rings. The average molecular weight is 392 g/mol. The van der Waals surface area contributed by atoms with Crippen LogP contribution >= 0.6 is 24.0 Å².